The maximum Gasteiger partial charge on any atom is 0.264 e. The van der Waals surface area contributed by atoms with Crippen molar-refractivity contribution in [3.8, 4) is 11.5 Å². The molecule has 1 aliphatic heterocycles. The Bertz CT molecular complexity index is 1090. The lowest BCUT2D eigenvalue weighted by Gasteiger charge is -2.17. The first-order chi connectivity index (χ1) is 13.5. The van der Waals surface area contributed by atoms with Gasteiger partial charge >= 0.3 is 0 Å². The molecule has 0 bridgehead atoms. The second-order valence-corrected chi connectivity index (χ2v) is 6.73. The summed E-state index contributed by atoms with van der Waals surface area (Å²) in [6.07, 6.45) is 3.66. The quantitative estimate of drug-likeness (QED) is 0.726. The van der Waals surface area contributed by atoms with Crippen LogP contribution in [0.2, 0.25) is 0 Å². The molecule has 146 valence electrons. The van der Waals surface area contributed by atoms with Crippen LogP contribution in [0.4, 0.5) is 0 Å². The molecular weight excluding hydrogens is 362 g/mol. The van der Waals surface area contributed by atoms with Crippen LogP contribution in [0, 0.1) is 0 Å². The number of rotatable bonds is 4. The van der Waals surface area contributed by atoms with Gasteiger partial charge in [-0.2, -0.15) is 5.10 Å². The monoisotopic (exact) mass is 383 g/mol. The summed E-state index contributed by atoms with van der Waals surface area (Å²) in [4.78, 5) is 29.1. The van der Waals surface area contributed by atoms with E-state index in [4.69, 9.17) is 9.47 Å². The second kappa shape index (κ2) is 7.34. The van der Waals surface area contributed by atoms with Gasteiger partial charge in [0.25, 0.3) is 5.56 Å². The normalized spacial score (nSPS) is 14.5. The standard InChI is InChI=1S/C19H21N5O4/c1-12(13-4-5-15-16(8-13)28-7-3-6-27-15)22-17(25)10-24-11-20-18-14(19(24)26)9-21-23(18)2/h4-5,8-9,11-12H,3,6-7,10H2,1-2H3,(H,22,25). The fraction of sp³-hybridized carbons (Fsp3) is 0.368. The summed E-state index contributed by atoms with van der Waals surface area (Å²) in [5.74, 6) is 1.10. The number of carbonyl (C=O) groups is 1. The summed E-state index contributed by atoms with van der Waals surface area (Å²) in [7, 11) is 1.71. The summed E-state index contributed by atoms with van der Waals surface area (Å²) in [6, 6.07) is 5.37. The van der Waals surface area contributed by atoms with Crippen LogP contribution in [-0.2, 0) is 18.4 Å². The highest BCUT2D eigenvalue weighted by Gasteiger charge is 2.16. The first kappa shape index (κ1) is 18.0. The number of carbonyl (C=O) groups excluding carboxylic acids is 1. The Hall–Kier alpha value is -3.36. The van der Waals surface area contributed by atoms with Gasteiger partial charge in [-0.1, -0.05) is 6.07 Å². The van der Waals surface area contributed by atoms with Crippen molar-refractivity contribution in [1.82, 2.24) is 24.6 Å². The third kappa shape index (κ3) is 3.42. The van der Waals surface area contributed by atoms with Gasteiger partial charge in [0, 0.05) is 13.5 Å². The third-order valence-electron chi connectivity index (χ3n) is 4.68. The maximum absolute atomic E-state index is 12.5. The van der Waals surface area contributed by atoms with E-state index in [9.17, 15) is 9.59 Å². The zero-order valence-corrected chi connectivity index (χ0v) is 15.7. The molecule has 0 spiro atoms. The molecule has 28 heavy (non-hydrogen) atoms. The summed E-state index contributed by atoms with van der Waals surface area (Å²) in [5, 5.41) is 7.31. The minimum Gasteiger partial charge on any atom is -0.490 e. The lowest BCUT2D eigenvalue weighted by Crippen LogP contribution is -2.34. The van der Waals surface area contributed by atoms with Crippen molar-refractivity contribution >= 4 is 16.9 Å². The number of hydrogen-bond acceptors (Lipinski definition) is 6. The van der Waals surface area contributed by atoms with Gasteiger partial charge < -0.3 is 14.8 Å². The van der Waals surface area contributed by atoms with Gasteiger partial charge in [-0.25, -0.2) is 4.98 Å². The largest absolute Gasteiger partial charge is 0.490 e. The second-order valence-electron chi connectivity index (χ2n) is 6.73. The number of fused-ring (bicyclic) bond motifs is 2. The van der Waals surface area contributed by atoms with E-state index in [1.165, 1.54) is 21.8 Å². The molecule has 1 atom stereocenters. The molecule has 9 heteroatoms. The fourth-order valence-electron chi connectivity index (χ4n) is 3.15. The van der Waals surface area contributed by atoms with Crippen molar-refractivity contribution in [1.29, 1.82) is 0 Å². The Kier molecular flexibility index (Phi) is 4.72. The predicted molar refractivity (Wildman–Crippen MR) is 101 cm³/mol. The van der Waals surface area contributed by atoms with Crippen molar-refractivity contribution in [3.63, 3.8) is 0 Å². The van der Waals surface area contributed by atoms with Crippen molar-refractivity contribution in [2.75, 3.05) is 13.2 Å². The fourth-order valence-corrected chi connectivity index (χ4v) is 3.15. The summed E-state index contributed by atoms with van der Waals surface area (Å²) in [5.41, 5.74) is 1.09. The van der Waals surface area contributed by atoms with Crippen molar-refractivity contribution < 1.29 is 14.3 Å². The van der Waals surface area contributed by atoms with Crippen LogP contribution in [0.5, 0.6) is 11.5 Å². The molecule has 3 aromatic rings. The number of benzene rings is 1. The molecule has 1 aliphatic rings. The number of ether oxygens (including phenoxy) is 2. The zero-order valence-electron chi connectivity index (χ0n) is 15.7. The van der Waals surface area contributed by atoms with Gasteiger partial charge in [-0.3, -0.25) is 18.8 Å². The summed E-state index contributed by atoms with van der Waals surface area (Å²) in [6.45, 7) is 2.99. The Labute approximate surface area is 160 Å². The van der Waals surface area contributed by atoms with E-state index in [1.807, 2.05) is 25.1 Å². The minimum absolute atomic E-state index is 0.119. The highest BCUT2D eigenvalue weighted by atomic mass is 16.5. The van der Waals surface area contributed by atoms with E-state index in [1.54, 1.807) is 7.05 Å². The van der Waals surface area contributed by atoms with Gasteiger partial charge in [0.15, 0.2) is 17.1 Å². The van der Waals surface area contributed by atoms with E-state index in [-0.39, 0.29) is 24.1 Å². The predicted octanol–water partition coefficient (Wildman–Crippen LogP) is 1.17. The smallest absolute Gasteiger partial charge is 0.264 e. The molecule has 4 rings (SSSR count). The maximum atomic E-state index is 12.5. The van der Waals surface area contributed by atoms with Gasteiger partial charge in [0.2, 0.25) is 5.91 Å². The summed E-state index contributed by atoms with van der Waals surface area (Å²) < 4.78 is 14.1. The van der Waals surface area contributed by atoms with Crippen molar-refractivity contribution in [2.24, 2.45) is 7.05 Å². The SMILES string of the molecule is CC(NC(=O)Cn1cnc2c(cnn2C)c1=O)c1ccc2c(c1)OCCCO2. The zero-order chi connectivity index (χ0) is 19.7. The number of nitrogens with zero attached hydrogens (tertiary/aromatic N) is 4. The van der Waals surface area contributed by atoms with E-state index in [0.29, 0.717) is 35.7 Å². The van der Waals surface area contributed by atoms with Gasteiger partial charge in [0.05, 0.1) is 25.5 Å². The molecule has 1 N–H and O–H groups in total. The molecule has 2 aromatic heterocycles. The van der Waals surface area contributed by atoms with E-state index >= 15 is 0 Å². The topological polar surface area (TPSA) is 100 Å². The highest BCUT2D eigenvalue weighted by Crippen LogP contribution is 2.32. The number of aromatic nitrogens is 4. The Morgan fingerprint density at radius 1 is 1.29 bits per heavy atom. The minimum atomic E-state index is -0.295. The molecular formula is C19H21N5O4. The van der Waals surface area contributed by atoms with E-state index in [2.05, 4.69) is 15.4 Å². The van der Waals surface area contributed by atoms with Crippen LogP contribution in [0.15, 0.2) is 35.5 Å². The number of aryl methyl sites for hydroxylation is 1. The van der Waals surface area contributed by atoms with Crippen LogP contribution in [0.1, 0.15) is 24.9 Å². The molecule has 0 aliphatic carbocycles. The first-order valence-corrected chi connectivity index (χ1v) is 9.09. The third-order valence-corrected chi connectivity index (χ3v) is 4.68. The molecule has 3 heterocycles. The molecule has 9 nitrogen and oxygen atoms in total. The van der Waals surface area contributed by atoms with Gasteiger partial charge in [-0.15, -0.1) is 0 Å². The molecule has 0 saturated heterocycles. The van der Waals surface area contributed by atoms with Gasteiger partial charge in [-0.05, 0) is 24.6 Å². The lowest BCUT2D eigenvalue weighted by atomic mass is 10.1. The van der Waals surface area contributed by atoms with Gasteiger partial charge in [0.1, 0.15) is 18.3 Å². The molecule has 1 unspecified atom stereocenters. The lowest BCUT2D eigenvalue weighted by molar-refractivity contribution is -0.122. The van der Waals surface area contributed by atoms with E-state index in [0.717, 1.165) is 12.0 Å². The average Bonchev–Trinajstić information content (AvgIpc) is 2.90. The number of amides is 1. The molecule has 1 aromatic carbocycles. The van der Waals surface area contributed by atoms with Crippen LogP contribution in [0.3, 0.4) is 0 Å². The highest BCUT2D eigenvalue weighted by molar-refractivity contribution is 5.77. The Morgan fingerprint density at radius 2 is 2.07 bits per heavy atom. The first-order valence-electron chi connectivity index (χ1n) is 9.09. The average molecular weight is 383 g/mol. The van der Waals surface area contributed by atoms with E-state index < -0.39 is 0 Å². The number of hydrogen-bond donors (Lipinski definition) is 1. The van der Waals surface area contributed by atoms with Crippen LogP contribution >= 0.6 is 0 Å². The number of nitrogens with one attached hydrogen (secondary N) is 1. The van der Waals surface area contributed by atoms with Crippen molar-refractivity contribution in [2.45, 2.75) is 25.9 Å². The van der Waals surface area contributed by atoms with Crippen LogP contribution in [0.25, 0.3) is 11.0 Å². The van der Waals surface area contributed by atoms with Crippen LogP contribution in [-0.4, -0.2) is 38.5 Å². The molecule has 0 saturated carbocycles. The molecule has 1 amide bonds. The van der Waals surface area contributed by atoms with Crippen molar-refractivity contribution in [3.05, 3.63) is 46.6 Å². The molecule has 0 radical (unpaired) electrons. The Morgan fingerprint density at radius 3 is 2.89 bits per heavy atom. The Balaban J connectivity index is 1.47. The molecule has 0 fully saturated rings. The summed E-state index contributed by atoms with van der Waals surface area (Å²) >= 11 is 0. The van der Waals surface area contributed by atoms with Crippen LogP contribution < -0.4 is 20.3 Å².